The van der Waals surface area contributed by atoms with E-state index < -0.39 is 0 Å². The fourth-order valence-corrected chi connectivity index (χ4v) is 4.76. The fraction of sp³-hybridized carbons (Fsp3) is 0.172. The van der Waals surface area contributed by atoms with Gasteiger partial charge in [0.1, 0.15) is 5.82 Å². The van der Waals surface area contributed by atoms with Crippen LogP contribution in [0.5, 0.6) is 0 Å². The highest BCUT2D eigenvalue weighted by atomic mass is 16.2. The van der Waals surface area contributed by atoms with Crippen LogP contribution in [0.1, 0.15) is 34.7 Å². The van der Waals surface area contributed by atoms with E-state index in [-0.39, 0.29) is 23.7 Å². The fourth-order valence-electron chi connectivity index (χ4n) is 4.76. The predicted molar refractivity (Wildman–Crippen MR) is 140 cm³/mol. The maximum Gasteiger partial charge on any atom is 0.276 e. The van der Waals surface area contributed by atoms with Gasteiger partial charge in [0.05, 0.1) is 17.6 Å². The summed E-state index contributed by atoms with van der Waals surface area (Å²) in [6.45, 7) is 1.28. The van der Waals surface area contributed by atoms with Gasteiger partial charge in [-0.05, 0) is 36.6 Å². The standard InChI is InChI=1S/C29H25N5O2/c35-28(30-22-12-8-11-21(17-22)25-19-33-16-7-6-15-26(33)31-25)27-23-13-4-5-14-24(23)29(36)34(32-27)18-20-9-2-1-3-10-20/h1-5,8-14,17,19H,6-7,15-16,18H2,(H,30,35). The van der Waals surface area contributed by atoms with Crippen molar-refractivity contribution in [3.05, 3.63) is 112 Å². The van der Waals surface area contributed by atoms with E-state index in [1.165, 1.54) is 17.5 Å². The van der Waals surface area contributed by atoms with Gasteiger partial charge >= 0.3 is 0 Å². The number of carbonyl (C=O) groups excluding carboxylic acids is 1. The van der Waals surface area contributed by atoms with Crippen molar-refractivity contribution in [2.24, 2.45) is 0 Å². The van der Waals surface area contributed by atoms with Crippen molar-refractivity contribution in [2.45, 2.75) is 32.4 Å². The monoisotopic (exact) mass is 475 g/mol. The normalized spacial score (nSPS) is 12.9. The second kappa shape index (κ2) is 9.26. The van der Waals surface area contributed by atoms with Crippen molar-refractivity contribution in [2.75, 3.05) is 5.32 Å². The number of nitrogens with one attached hydrogen (secondary N) is 1. The molecule has 2 aromatic heterocycles. The quantitative estimate of drug-likeness (QED) is 0.392. The Morgan fingerprint density at radius 1 is 0.917 bits per heavy atom. The lowest BCUT2D eigenvalue weighted by Gasteiger charge is -2.12. The van der Waals surface area contributed by atoms with Crippen LogP contribution >= 0.6 is 0 Å². The molecule has 1 aliphatic rings. The van der Waals surface area contributed by atoms with E-state index in [4.69, 9.17) is 4.98 Å². The lowest BCUT2D eigenvalue weighted by molar-refractivity contribution is 0.102. The number of aromatic nitrogens is 4. The number of imidazole rings is 1. The van der Waals surface area contributed by atoms with E-state index in [2.05, 4.69) is 21.2 Å². The summed E-state index contributed by atoms with van der Waals surface area (Å²) in [5.74, 6) is 0.747. The Morgan fingerprint density at radius 2 is 1.72 bits per heavy atom. The third-order valence-electron chi connectivity index (χ3n) is 6.58. The van der Waals surface area contributed by atoms with Crippen molar-refractivity contribution in [1.82, 2.24) is 19.3 Å². The van der Waals surface area contributed by atoms with Crippen LogP contribution in [0.2, 0.25) is 0 Å². The van der Waals surface area contributed by atoms with Gasteiger partial charge in [-0.15, -0.1) is 0 Å². The van der Waals surface area contributed by atoms with Crippen molar-refractivity contribution in [3.63, 3.8) is 0 Å². The predicted octanol–water partition coefficient (Wildman–Crippen LogP) is 4.90. The second-order valence-corrected chi connectivity index (χ2v) is 9.07. The molecule has 0 radical (unpaired) electrons. The molecule has 6 rings (SSSR count). The molecular formula is C29H25N5O2. The third kappa shape index (κ3) is 4.20. The van der Waals surface area contributed by atoms with E-state index in [1.54, 1.807) is 18.2 Å². The second-order valence-electron chi connectivity index (χ2n) is 9.07. The molecule has 36 heavy (non-hydrogen) atoms. The minimum Gasteiger partial charge on any atom is -0.334 e. The number of carbonyl (C=O) groups is 1. The van der Waals surface area contributed by atoms with Crippen LogP contribution in [-0.2, 0) is 19.5 Å². The molecular weight excluding hydrogens is 450 g/mol. The summed E-state index contributed by atoms with van der Waals surface area (Å²) >= 11 is 0. The molecule has 7 heteroatoms. The Kier molecular flexibility index (Phi) is 5.65. The molecule has 5 aromatic rings. The topological polar surface area (TPSA) is 81.8 Å². The van der Waals surface area contributed by atoms with Gasteiger partial charge in [-0.1, -0.05) is 60.7 Å². The number of benzene rings is 3. The van der Waals surface area contributed by atoms with Crippen LogP contribution in [0.3, 0.4) is 0 Å². The number of hydrogen-bond donors (Lipinski definition) is 1. The lowest BCUT2D eigenvalue weighted by atomic mass is 10.1. The molecule has 178 valence electrons. The van der Waals surface area contributed by atoms with E-state index >= 15 is 0 Å². The maximum absolute atomic E-state index is 13.4. The number of rotatable bonds is 5. The molecule has 0 unspecified atom stereocenters. The molecule has 0 saturated carbocycles. The van der Waals surface area contributed by atoms with Gasteiger partial charge in [0.15, 0.2) is 5.69 Å². The lowest BCUT2D eigenvalue weighted by Crippen LogP contribution is -2.28. The SMILES string of the molecule is O=C(Nc1cccc(-c2cn3c(n2)CCCC3)c1)c1nn(Cc2ccccc2)c(=O)c2ccccc12. The zero-order chi connectivity index (χ0) is 24.5. The van der Waals surface area contributed by atoms with Crippen LogP contribution in [0, 0.1) is 0 Å². The van der Waals surface area contributed by atoms with E-state index in [1.807, 2.05) is 60.7 Å². The number of anilines is 1. The Hall–Kier alpha value is -4.52. The molecule has 0 bridgehead atoms. The van der Waals surface area contributed by atoms with E-state index in [0.29, 0.717) is 16.5 Å². The highest BCUT2D eigenvalue weighted by Gasteiger charge is 2.18. The van der Waals surface area contributed by atoms with Gasteiger partial charge in [-0.25, -0.2) is 9.67 Å². The van der Waals surface area contributed by atoms with E-state index in [9.17, 15) is 9.59 Å². The first-order valence-corrected chi connectivity index (χ1v) is 12.2. The Morgan fingerprint density at radius 3 is 2.56 bits per heavy atom. The highest BCUT2D eigenvalue weighted by molar-refractivity contribution is 6.11. The molecule has 1 N–H and O–H groups in total. The van der Waals surface area contributed by atoms with Gasteiger partial charge in [0.25, 0.3) is 11.5 Å². The van der Waals surface area contributed by atoms with Gasteiger partial charge in [-0.3, -0.25) is 9.59 Å². The summed E-state index contributed by atoms with van der Waals surface area (Å²) in [5.41, 5.74) is 3.42. The largest absolute Gasteiger partial charge is 0.334 e. The average molecular weight is 476 g/mol. The minimum atomic E-state index is -0.366. The molecule has 1 amide bonds. The first-order chi connectivity index (χ1) is 17.7. The summed E-state index contributed by atoms with van der Waals surface area (Å²) in [6.07, 6.45) is 5.42. The van der Waals surface area contributed by atoms with Crippen molar-refractivity contribution < 1.29 is 4.79 Å². The van der Waals surface area contributed by atoms with Gasteiger partial charge in [-0.2, -0.15) is 5.10 Å². The van der Waals surface area contributed by atoms with E-state index in [0.717, 1.165) is 35.6 Å². The Balaban J connectivity index is 1.33. The Bertz CT molecular complexity index is 1610. The van der Waals surface area contributed by atoms with Crippen LogP contribution in [0.15, 0.2) is 89.9 Å². The molecule has 1 aliphatic heterocycles. The molecule has 0 aliphatic carbocycles. The van der Waals surface area contributed by atoms with Gasteiger partial charge in [0, 0.05) is 35.8 Å². The summed E-state index contributed by atoms with van der Waals surface area (Å²) in [7, 11) is 0. The smallest absolute Gasteiger partial charge is 0.276 e. The molecule has 0 fully saturated rings. The van der Waals surface area contributed by atoms with Crippen LogP contribution < -0.4 is 10.9 Å². The first-order valence-electron chi connectivity index (χ1n) is 12.2. The molecule has 0 saturated heterocycles. The number of nitrogens with zero attached hydrogens (tertiary/aromatic N) is 4. The zero-order valence-electron chi connectivity index (χ0n) is 19.7. The molecule has 3 aromatic carbocycles. The van der Waals surface area contributed by atoms with Crippen molar-refractivity contribution >= 4 is 22.4 Å². The number of aryl methyl sites for hydroxylation is 2. The van der Waals surface area contributed by atoms with Crippen LogP contribution in [-0.4, -0.2) is 25.2 Å². The first kappa shape index (κ1) is 22.0. The summed E-state index contributed by atoms with van der Waals surface area (Å²) < 4.78 is 3.58. The minimum absolute atomic E-state index is 0.212. The molecule has 7 nitrogen and oxygen atoms in total. The number of amides is 1. The van der Waals surface area contributed by atoms with Crippen molar-refractivity contribution in [3.8, 4) is 11.3 Å². The van der Waals surface area contributed by atoms with Crippen LogP contribution in [0.4, 0.5) is 5.69 Å². The van der Waals surface area contributed by atoms with Crippen LogP contribution in [0.25, 0.3) is 22.0 Å². The highest BCUT2D eigenvalue weighted by Crippen LogP contribution is 2.25. The van der Waals surface area contributed by atoms with Crippen molar-refractivity contribution in [1.29, 1.82) is 0 Å². The summed E-state index contributed by atoms with van der Waals surface area (Å²) in [5, 5.41) is 8.47. The summed E-state index contributed by atoms with van der Waals surface area (Å²) in [6, 6.07) is 24.4. The maximum atomic E-state index is 13.4. The molecule has 0 spiro atoms. The average Bonchev–Trinajstić information content (AvgIpc) is 3.36. The number of fused-ring (bicyclic) bond motifs is 2. The molecule has 3 heterocycles. The third-order valence-corrected chi connectivity index (χ3v) is 6.58. The Labute approximate surface area is 208 Å². The van der Waals surface area contributed by atoms with Gasteiger partial charge in [0.2, 0.25) is 0 Å². The van der Waals surface area contributed by atoms with Gasteiger partial charge < -0.3 is 9.88 Å². The summed E-state index contributed by atoms with van der Waals surface area (Å²) in [4.78, 5) is 31.4. The zero-order valence-corrected chi connectivity index (χ0v) is 19.7. The number of hydrogen-bond acceptors (Lipinski definition) is 4. The molecule has 0 atom stereocenters.